The fraction of sp³-hybridized carbons (Fsp3) is 0.636. The first-order valence-electron chi connectivity index (χ1n) is 9.65. The van der Waals surface area contributed by atoms with Gasteiger partial charge in [0, 0.05) is 30.2 Å². The molecule has 0 aliphatic heterocycles. The highest BCUT2D eigenvalue weighted by Crippen LogP contribution is 2.64. The molecule has 2 bridgehead atoms. The highest BCUT2D eigenvalue weighted by atomic mass is 16.5. The number of ether oxygens (including phenoxy) is 1. The van der Waals surface area contributed by atoms with Crippen molar-refractivity contribution in [3.8, 4) is 11.5 Å². The van der Waals surface area contributed by atoms with Gasteiger partial charge in [0.1, 0.15) is 17.3 Å². The SMILES string of the molecule is COC(=O)CCC(C)(C)c1cc(O)c([C@@H]2CC(=O)[C@@H]3C[C@H]2C3(C)C)c(O)c1. The lowest BCUT2D eigenvalue weighted by Crippen LogP contribution is -2.56. The number of benzene rings is 1. The van der Waals surface area contributed by atoms with E-state index in [0.717, 1.165) is 12.0 Å². The summed E-state index contributed by atoms with van der Waals surface area (Å²) in [5.41, 5.74) is 0.757. The molecular formula is C22H30O5. The van der Waals surface area contributed by atoms with Gasteiger partial charge in [-0.05, 0) is 47.3 Å². The van der Waals surface area contributed by atoms with E-state index in [1.165, 1.54) is 7.11 Å². The van der Waals surface area contributed by atoms with E-state index in [9.17, 15) is 19.8 Å². The molecule has 3 aliphatic carbocycles. The summed E-state index contributed by atoms with van der Waals surface area (Å²) in [7, 11) is 1.36. The van der Waals surface area contributed by atoms with Gasteiger partial charge < -0.3 is 14.9 Å². The Morgan fingerprint density at radius 3 is 2.33 bits per heavy atom. The first kappa shape index (κ1) is 19.7. The molecule has 4 rings (SSSR count). The summed E-state index contributed by atoms with van der Waals surface area (Å²) in [5.74, 6) is 0.272. The van der Waals surface area contributed by atoms with Gasteiger partial charge in [0.05, 0.1) is 7.11 Å². The van der Waals surface area contributed by atoms with Crippen LogP contribution in [0.15, 0.2) is 12.1 Å². The smallest absolute Gasteiger partial charge is 0.305 e. The first-order chi connectivity index (χ1) is 12.5. The Balaban J connectivity index is 1.90. The third kappa shape index (κ3) is 3.21. The summed E-state index contributed by atoms with van der Waals surface area (Å²) in [6, 6.07) is 3.35. The molecule has 2 N–H and O–H groups in total. The number of Topliss-reactive ketones (excluding diaryl/α,β-unsaturated/α-hetero) is 1. The van der Waals surface area contributed by atoms with Crippen molar-refractivity contribution in [1.82, 2.24) is 0 Å². The Kier molecular flexibility index (Phi) is 4.77. The molecule has 3 fully saturated rings. The number of aromatic hydroxyl groups is 2. The lowest BCUT2D eigenvalue weighted by Gasteiger charge is -2.59. The molecule has 3 aliphatic rings. The summed E-state index contributed by atoms with van der Waals surface area (Å²) < 4.78 is 4.70. The molecule has 3 saturated carbocycles. The van der Waals surface area contributed by atoms with Crippen LogP contribution in [0.3, 0.4) is 0 Å². The number of esters is 1. The average Bonchev–Trinajstić information content (AvgIpc) is 2.58. The van der Waals surface area contributed by atoms with Gasteiger partial charge >= 0.3 is 5.97 Å². The summed E-state index contributed by atoms with van der Waals surface area (Å²) >= 11 is 0. The van der Waals surface area contributed by atoms with E-state index in [2.05, 4.69) is 13.8 Å². The van der Waals surface area contributed by atoms with Crippen LogP contribution in [-0.4, -0.2) is 29.1 Å². The lowest BCUT2D eigenvalue weighted by atomic mass is 9.44. The van der Waals surface area contributed by atoms with Gasteiger partial charge in [0.15, 0.2) is 0 Å². The van der Waals surface area contributed by atoms with E-state index in [-0.39, 0.29) is 52.8 Å². The maximum atomic E-state index is 12.5. The second kappa shape index (κ2) is 6.54. The minimum Gasteiger partial charge on any atom is -0.508 e. The number of carbonyl (C=O) groups excluding carboxylic acids is 2. The topological polar surface area (TPSA) is 83.8 Å². The Labute approximate surface area is 160 Å². The Morgan fingerprint density at radius 1 is 1.26 bits per heavy atom. The molecule has 1 aromatic rings. The highest BCUT2D eigenvalue weighted by molar-refractivity contribution is 5.86. The minimum atomic E-state index is -0.412. The zero-order valence-corrected chi connectivity index (χ0v) is 16.8. The van der Waals surface area contributed by atoms with E-state index in [1.54, 1.807) is 12.1 Å². The van der Waals surface area contributed by atoms with Crippen molar-refractivity contribution in [2.24, 2.45) is 17.3 Å². The summed E-state index contributed by atoms with van der Waals surface area (Å²) in [4.78, 5) is 23.9. The van der Waals surface area contributed by atoms with Crippen LogP contribution in [0.1, 0.15) is 70.4 Å². The molecule has 3 atom stereocenters. The molecule has 148 valence electrons. The number of hydrogen-bond donors (Lipinski definition) is 2. The number of phenolic OH excluding ortho intramolecular Hbond substituents is 2. The van der Waals surface area contributed by atoms with Crippen LogP contribution >= 0.6 is 0 Å². The fourth-order valence-electron chi connectivity index (χ4n) is 5.05. The zero-order chi connectivity index (χ0) is 20.1. The van der Waals surface area contributed by atoms with Gasteiger partial charge in [0.25, 0.3) is 0 Å². The number of carbonyl (C=O) groups is 2. The van der Waals surface area contributed by atoms with Crippen LogP contribution in [-0.2, 0) is 19.7 Å². The van der Waals surface area contributed by atoms with Gasteiger partial charge in [-0.25, -0.2) is 0 Å². The normalized spacial score (nSPS) is 26.4. The van der Waals surface area contributed by atoms with Gasteiger partial charge in [-0.15, -0.1) is 0 Å². The van der Waals surface area contributed by atoms with Crippen LogP contribution < -0.4 is 0 Å². The number of rotatable bonds is 5. The van der Waals surface area contributed by atoms with E-state index < -0.39 is 5.41 Å². The van der Waals surface area contributed by atoms with Crippen LogP contribution in [0, 0.1) is 17.3 Å². The fourth-order valence-corrected chi connectivity index (χ4v) is 5.05. The number of phenols is 2. The molecule has 5 nitrogen and oxygen atoms in total. The molecule has 27 heavy (non-hydrogen) atoms. The second-order valence-electron chi connectivity index (χ2n) is 9.38. The van der Waals surface area contributed by atoms with E-state index >= 15 is 0 Å². The van der Waals surface area contributed by atoms with E-state index in [0.29, 0.717) is 18.4 Å². The second-order valence-corrected chi connectivity index (χ2v) is 9.38. The van der Waals surface area contributed by atoms with Crippen LogP contribution in [0.5, 0.6) is 11.5 Å². The number of methoxy groups -OCH3 is 1. The summed E-state index contributed by atoms with van der Waals surface area (Å²) in [6.07, 6.45) is 2.02. The summed E-state index contributed by atoms with van der Waals surface area (Å²) in [6.45, 7) is 8.14. The average molecular weight is 374 g/mol. The number of ketones is 1. The molecule has 0 unspecified atom stereocenters. The van der Waals surface area contributed by atoms with Gasteiger partial charge in [-0.3, -0.25) is 9.59 Å². The quantitative estimate of drug-likeness (QED) is 0.760. The maximum Gasteiger partial charge on any atom is 0.305 e. The van der Waals surface area contributed by atoms with Crippen molar-refractivity contribution in [2.45, 2.75) is 64.7 Å². The molecule has 1 aromatic carbocycles. The van der Waals surface area contributed by atoms with Crippen molar-refractivity contribution < 1.29 is 24.5 Å². The summed E-state index contributed by atoms with van der Waals surface area (Å²) in [5, 5.41) is 21.5. The van der Waals surface area contributed by atoms with E-state index in [4.69, 9.17) is 4.74 Å². The van der Waals surface area contributed by atoms with Crippen molar-refractivity contribution >= 4 is 11.8 Å². The zero-order valence-electron chi connectivity index (χ0n) is 16.8. The molecule has 0 saturated heterocycles. The van der Waals surface area contributed by atoms with Crippen molar-refractivity contribution in [3.63, 3.8) is 0 Å². The lowest BCUT2D eigenvalue weighted by molar-refractivity contribution is -0.151. The predicted molar refractivity (Wildman–Crippen MR) is 102 cm³/mol. The predicted octanol–water partition coefficient (Wildman–Crippen LogP) is 4.05. The third-order valence-corrected chi connectivity index (χ3v) is 7.11. The largest absolute Gasteiger partial charge is 0.508 e. The molecule has 0 radical (unpaired) electrons. The number of hydrogen-bond acceptors (Lipinski definition) is 5. The Morgan fingerprint density at radius 2 is 1.85 bits per heavy atom. The van der Waals surface area contributed by atoms with Crippen LogP contribution in [0.4, 0.5) is 0 Å². The van der Waals surface area contributed by atoms with Crippen molar-refractivity contribution in [3.05, 3.63) is 23.3 Å². The van der Waals surface area contributed by atoms with Crippen LogP contribution in [0.2, 0.25) is 0 Å². The van der Waals surface area contributed by atoms with Gasteiger partial charge in [-0.1, -0.05) is 27.7 Å². The maximum absolute atomic E-state index is 12.5. The van der Waals surface area contributed by atoms with Gasteiger partial charge in [0.2, 0.25) is 0 Å². The first-order valence-corrected chi connectivity index (χ1v) is 9.65. The highest BCUT2D eigenvalue weighted by Gasteiger charge is 2.59. The minimum absolute atomic E-state index is 0.0371. The van der Waals surface area contributed by atoms with Crippen molar-refractivity contribution in [1.29, 1.82) is 0 Å². The van der Waals surface area contributed by atoms with Gasteiger partial charge in [-0.2, -0.15) is 0 Å². The molecule has 0 spiro atoms. The molecule has 0 amide bonds. The number of fused-ring (bicyclic) bond motifs is 2. The Bertz CT molecular complexity index is 754. The molecular weight excluding hydrogens is 344 g/mol. The third-order valence-electron chi connectivity index (χ3n) is 7.11. The van der Waals surface area contributed by atoms with Crippen molar-refractivity contribution in [2.75, 3.05) is 7.11 Å². The molecule has 0 aromatic heterocycles. The van der Waals surface area contributed by atoms with Crippen LogP contribution in [0.25, 0.3) is 0 Å². The monoisotopic (exact) mass is 374 g/mol. The standard InChI is InChI=1S/C22H30O5/c1-21(2,7-6-19(26)27-5)12-8-17(24)20(18(25)9-12)13-10-16(23)15-11-14(13)22(15,3)4/h8-9,13-15,24-25H,6-7,10-11H2,1-5H3/t13-,14-,15+/m1/s1. The molecule has 0 heterocycles. The Hall–Kier alpha value is -2.04. The van der Waals surface area contributed by atoms with E-state index in [1.807, 2.05) is 13.8 Å². The molecule has 5 heteroatoms.